The van der Waals surface area contributed by atoms with Crippen molar-refractivity contribution in [3.05, 3.63) is 42.5 Å². The van der Waals surface area contributed by atoms with Crippen LogP contribution >= 0.6 is 0 Å². The lowest BCUT2D eigenvalue weighted by atomic mass is 10.2. The predicted octanol–water partition coefficient (Wildman–Crippen LogP) is 3.10. The lowest BCUT2D eigenvalue weighted by Gasteiger charge is -2.33. The van der Waals surface area contributed by atoms with Crippen molar-refractivity contribution in [2.24, 2.45) is 0 Å². The summed E-state index contributed by atoms with van der Waals surface area (Å²) in [6.07, 6.45) is 0. The summed E-state index contributed by atoms with van der Waals surface area (Å²) in [7, 11) is -2.46. The average molecular weight is 486 g/mol. The zero-order chi connectivity index (χ0) is 23.7. The van der Waals surface area contributed by atoms with Crippen molar-refractivity contribution < 1.29 is 27.0 Å². The summed E-state index contributed by atoms with van der Waals surface area (Å²) in [5.74, 6) is 1.91. The molecule has 2 aliphatic heterocycles. The van der Waals surface area contributed by atoms with Crippen LogP contribution in [0.2, 0.25) is 0 Å². The molecule has 0 aliphatic carbocycles. The summed E-state index contributed by atoms with van der Waals surface area (Å²) >= 11 is 0. The standard InChI is InChI=1S/C24H27N3O6S/c1-3-26-10-12-27(13-11-26)24-23(25-22(33-24)18-6-4-5-7-19(18)30-2)34(28,29)17-8-9-20-21(16-17)32-15-14-31-20/h4-9,16H,3,10-15H2,1-2H3. The quantitative estimate of drug-likeness (QED) is 0.522. The number of piperazine rings is 1. The molecule has 0 saturated carbocycles. The normalized spacial score (nSPS) is 16.5. The number of methoxy groups -OCH3 is 1. The Labute approximate surface area is 198 Å². The number of para-hydroxylation sites is 1. The maximum atomic E-state index is 13.8. The van der Waals surface area contributed by atoms with Crippen LogP contribution < -0.4 is 19.1 Å². The summed E-state index contributed by atoms with van der Waals surface area (Å²) in [6.45, 7) is 6.75. The smallest absolute Gasteiger partial charge is 0.236 e. The zero-order valence-corrected chi connectivity index (χ0v) is 20.0. The van der Waals surface area contributed by atoms with Crippen LogP contribution in [0.4, 0.5) is 5.88 Å². The van der Waals surface area contributed by atoms with E-state index >= 15 is 0 Å². The van der Waals surface area contributed by atoms with Crippen LogP contribution in [-0.4, -0.2) is 71.3 Å². The second-order valence-corrected chi connectivity index (χ2v) is 9.92. The Kier molecular flexibility index (Phi) is 6.09. The highest BCUT2D eigenvalue weighted by molar-refractivity contribution is 7.91. The number of ether oxygens (including phenoxy) is 3. The minimum absolute atomic E-state index is 0.0741. The SMILES string of the molecule is CCN1CCN(c2oc(-c3ccccc3OC)nc2S(=O)(=O)c2ccc3c(c2)OCCO3)CC1. The van der Waals surface area contributed by atoms with E-state index < -0.39 is 9.84 Å². The molecule has 2 aromatic carbocycles. The highest BCUT2D eigenvalue weighted by atomic mass is 32.2. The molecule has 10 heteroatoms. The lowest BCUT2D eigenvalue weighted by Crippen LogP contribution is -2.46. The highest BCUT2D eigenvalue weighted by Crippen LogP contribution is 2.40. The summed E-state index contributed by atoms with van der Waals surface area (Å²) in [4.78, 5) is 8.83. The van der Waals surface area contributed by atoms with E-state index in [1.807, 2.05) is 17.0 Å². The van der Waals surface area contributed by atoms with Crippen LogP contribution in [0.1, 0.15) is 6.92 Å². The van der Waals surface area contributed by atoms with Gasteiger partial charge in [-0.15, -0.1) is 0 Å². The van der Waals surface area contributed by atoms with Crippen LogP contribution in [0.3, 0.4) is 0 Å². The van der Waals surface area contributed by atoms with Gasteiger partial charge in [0.2, 0.25) is 26.6 Å². The molecular formula is C24H27N3O6S. The van der Waals surface area contributed by atoms with Gasteiger partial charge in [-0.05, 0) is 30.8 Å². The van der Waals surface area contributed by atoms with Gasteiger partial charge in [-0.25, -0.2) is 8.42 Å². The number of nitrogens with zero attached hydrogens (tertiary/aromatic N) is 3. The van der Waals surface area contributed by atoms with Gasteiger partial charge < -0.3 is 28.4 Å². The number of likely N-dealkylation sites (N-methyl/N-ethyl adjacent to an activating group) is 1. The first kappa shape index (κ1) is 22.5. The number of benzene rings is 2. The molecule has 180 valence electrons. The Morgan fingerprint density at radius 1 is 1.00 bits per heavy atom. The number of sulfone groups is 1. The topological polar surface area (TPSA) is 94.3 Å². The van der Waals surface area contributed by atoms with Crippen molar-refractivity contribution >= 4 is 15.7 Å². The Bertz CT molecular complexity index is 1280. The fourth-order valence-electron chi connectivity index (χ4n) is 4.18. The Hall–Kier alpha value is -3.24. The van der Waals surface area contributed by atoms with Crippen LogP contribution in [-0.2, 0) is 9.84 Å². The van der Waals surface area contributed by atoms with Crippen molar-refractivity contribution in [3.8, 4) is 28.7 Å². The third kappa shape index (κ3) is 4.07. The van der Waals surface area contributed by atoms with Gasteiger partial charge in [0, 0.05) is 32.2 Å². The number of oxazole rings is 1. The Morgan fingerprint density at radius 3 is 2.47 bits per heavy atom. The maximum Gasteiger partial charge on any atom is 0.236 e. The molecule has 2 aliphatic rings. The van der Waals surface area contributed by atoms with Crippen molar-refractivity contribution in [1.82, 2.24) is 9.88 Å². The third-order valence-corrected chi connectivity index (χ3v) is 7.75. The monoisotopic (exact) mass is 485 g/mol. The van der Waals surface area contributed by atoms with E-state index in [2.05, 4.69) is 16.8 Å². The number of rotatable bonds is 6. The van der Waals surface area contributed by atoms with Gasteiger partial charge in [-0.2, -0.15) is 4.98 Å². The first-order valence-corrected chi connectivity index (χ1v) is 12.8. The van der Waals surface area contributed by atoms with Gasteiger partial charge in [-0.1, -0.05) is 19.1 Å². The summed E-state index contributed by atoms with van der Waals surface area (Å²) in [6, 6.07) is 11.9. The summed E-state index contributed by atoms with van der Waals surface area (Å²) in [5.41, 5.74) is 0.585. The molecule has 0 atom stereocenters. The van der Waals surface area contributed by atoms with Crippen molar-refractivity contribution in [3.63, 3.8) is 0 Å². The number of fused-ring (bicyclic) bond motifs is 1. The second-order valence-electron chi connectivity index (χ2n) is 8.06. The number of hydrogen-bond acceptors (Lipinski definition) is 9. The van der Waals surface area contributed by atoms with Gasteiger partial charge in [0.15, 0.2) is 11.5 Å². The van der Waals surface area contributed by atoms with E-state index in [0.29, 0.717) is 49.1 Å². The van der Waals surface area contributed by atoms with Gasteiger partial charge in [0.05, 0.1) is 17.6 Å². The Morgan fingerprint density at radius 2 is 1.74 bits per heavy atom. The minimum Gasteiger partial charge on any atom is -0.496 e. The van der Waals surface area contributed by atoms with E-state index in [1.54, 1.807) is 25.3 Å². The van der Waals surface area contributed by atoms with Crippen LogP contribution in [0, 0.1) is 0 Å². The van der Waals surface area contributed by atoms with Crippen molar-refractivity contribution in [2.45, 2.75) is 16.8 Å². The first-order valence-electron chi connectivity index (χ1n) is 11.3. The average Bonchev–Trinajstić information content (AvgIpc) is 3.34. The van der Waals surface area contributed by atoms with Gasteiger partial charge in [0.25, 0.3) is 0 Å². The molecule has 0 bridgehead atoms. The van der Waals surface area contributed by atoms with Gasteiger partial charge in [-0.3, -0.25) is 0 Å². The number of hydrogen-bond donors (Lipinski definition) is 0. The van der Waals surface area contributed by atoms with E-state index in [-0.39, 0.29) is 21.7 Å². The van der Waals surface area contributed by atoms with E-state index in [0.717, 1.165) is 19.6 Å². The van der Waals surface area contributed by atoms with Crippen LogP contribution in [0.15, 0.2) is 56.8 Å². The molecule has 3 heterocycles. The van der Waals surface area contributed by atoms with Crippen LogP contribution in [0.25, 0.3) is 11.5 Å². The van der Waals surface area contributed by atoms with Crippen molar-refractivity contribution in [1.29, 1.82) is 0 Å². The summed E-state index contributed by atoms with van der Waals surface area (Å²) in [5, 5.41) is -0.116. The molecule has 0 amide bonds. The molecule has 9 nitrogen and oxygen atoms in total. The molecule has 1 fully saturated rings. The predicted molar refractivity (Wildman–Crippen MR) is 126 cm³/mol. The summed E-state index contributed by atoms with van der Waals surface area (Å²) < 4.78 is 50.4. The van der Waals surface area contributed by atoms with Crippen LogP contribution in [0.5, 0.6) is 17.2 Å². The fraction of sp³-hybridized carbons (Fsp3) is 0.375. The first-order chi connectivity index (χ1) is 16.5. The molecule has 34 heavy (non-hydrogen) atoms. The van der Waals surface area contributed by atoms with Gasteiger partial charge in [0.1, 0.15) is 19.0 Å². The van der Waals surface area contributed by atoms with Gasteiger partial charge >= 0.3 is 0 Å². The number of anilines is 1. The molecule has 0 radical (unpaired) electrons. The Balaban J connectivity index is 1.60. The van der Waals surface area contributed by atoms with Crippen molar-refractivity contribution in [2.75, 3.05) is 57.9 Å². The van der Waals surface area contributed by atoms with E-state index in [4.69, 9.17) is 18.6 Å². The number of aromatic nitrogens is 1. The molecule has 3 aromatic rings. The molecule has 1 saturated heterocycles. The lowest BCUT2D eigenvalue weighted by molar-refractivity contribution is 0.171. The third-order valence-electron chi connectivity index (χ3n) is 6.10. The largest absolute Gasteiger partial charge is 0.496 e. The fourth-order valence-corrected chi connectivity index (χ4v) is 5.52. The van der Waals surface area contributed by atoms with E-state index in [9.17, 15) is 8.42 Å². The molecule has 0 spiro atoms. The minimum atomic E-state index is -4.01. The zero-order valence-electron chi connectivity index (χ0n) is 19.2. The molecular weight excluding hydrogens is 458 g/mol. The molecule has 0 unspecified atom stereocenters. The molecule has 0 N–H and O–H groups in total. The molecule has 5 rings (SSSR count). The van der Waals surface area contributed by atoms with E-state index in [1.165, 1.54) is 12.1 Å². The maximum absolute atomic E-state index is 13.8. The molecule has 1 aromatic heterocycles. The second kappa shape index (κ2) is 9.19. The highest BCUT2D eigenvalue weighted by Gasteiger charge is 2.34.